The van der Waals surface area contributed by atoms with Crippen LogP contribution in [0.1, 0.15) is 44.7 Å². The highest BCUT2D eigenvalue weighted by atomic mass is 16.2. The largest absolute Gasteiger partial charge is 0.349 e. The van der Waals surface area contributed by atoms with Gasteiger partial charge in [-0.2, -0.15) is 4.98 Å². The molecule has 0 amide bonds. The van der Waals surface area contributed by atoms with E-state index in [0.29, 0.717) is 24.2 Å². The number of aromatic amines is 1. The maximum absolute atomic E-state index is 12.3. The fourth-order valence-electron chi connectivity index (χ4n) is 3.47. The van der Waals surface area contributed by atoms with E-state index in [-0.39, 0.29) is 5.69 Å². The van der Waals surface area contributed by atoms with Crippen molar-refractivity contribution < 1.29 is 0 Å². The Balaban J connectivity index is 2.26. The number of rotatable bonds is 5. The van der Waals surface area contributed by atoms with Gasteiger partial charge in [-0.1, -0.05) is 27.2 Å². The molecule has 0 aliphatic carbocycles. The zero-order valence-electron chi connectivity index (χ0n) is 16.1. The Morgan fingerprint density at radius 3 is 2.46 bits per heavy atom. The molecule has 0 saturated carbocycles. The molecule has 0 aromatic heterocycles. The quantitative estimate of drug-likeness (QED) is 0.713. The van der Waals surface area contributed by atoms with Crippen LogP contribution in [0.15, 0.2) is 21.7 Å². The number of fused-ring (bicyclic) bond motifs is 2. The van der Waals surface area contributed by atoms with Crippen molar-refractivity contribution in [3.8, 4) is 11.5 Å². The van der Waals surface area contributed by atoms with Crippen LogP contribution in [-0.4, -0.2) is 19.5 Å². The second kappa shape index (κ2) is 7.02. The van der Waals surface area contributed by atoms with Gasteiger partial charge in [0.2, 0.25) is 0 Å². The molecule has 1 aromatic rings. The van der Waals surface area contributed by atoms with E-state index in [1.54, 1.807) is 0 Å². The Labute approximate surface area is 152 Å². The predicted octanol–water partition coefficient (Wildman–Crippen LogP) is 3.27. The summed E-state index contributed by atoms with van der Waals surface area (Å²) < 4.78 is 1.99. The van der Waals surface area contributed by atoms with E-state index < -0.39 is 11.2 Å². The summed E-state index contributed by atoms with van der Waals surface area (Å²) in [4.78, 5) is 34.9. The van der Waals surface area contributed by atoms with E-state index in [4.69, 9.17) is 0 Å². The lowest BCUT2D eigenvalue weighted by molar-refractivity contribution is 0.369. The normalized spacial score (nSPS) is 14.0. The molecule has 1 aromatic carbocycles. The van der Waals surface area contributed by atoms with Crippen LogP contribution in [0.3, 0.4) is 0 Å². The van der Waals surface area contributed by atoms with E-state index in [2.05, 4.69) is 48.7 Å². The molecular formula is C20H26N4O2. The number of nitrogens with one attached hydrogen (secondary N) is 1. The van der Waals surface area contributed by atoms with Crippen LogP contribution in [0.5, 0.6) is 0 Å². The molecule has 2 atom stereocenters. The third kappa shape index (κ3) is 3.41. The molecule has 2 aliphatic heterocycles. The molecular weight excluding hydrogens is 328 g/mol. The van der Waals surface area contributed by atoms with E-state index >= 15 is 0 Å². The fraction of sp³-hybridized carbons (Fsp3) is 0.500. The molecule has 2 unspecified atom stereocenters. The topological polar surface area (TPSA) is 80.6 Å². The van der Waals surface area contributed by atoms with Gasteiger partial charge in [-0.25, -0.2) is 9.78 Å². The molecule has 6 nitrogen and oxygen atoms in total. The van der Waals surface area contributed by atoms with E-state index in [0.717, 1.165) is 35.0 Å². The number of aromatic nitrogens is 4. The van der Waals surface area contributed by atoms with Gasteiger partial charge in [0.05, 0.1) is 11.0 Å². The lowest BCUT2D eigenvalue weighted by atomic mass is 9.95. The highest BCUT2D eigenvalue weighted by molar-refractivity contribution is 5.81. The maximum Gasteiger partial charge on any atom is 0.349 e. The molecule has 2 heterocycles. The number of H-pyrrole nitrogens is 1. The number of hydrogen-bond acceptors (Lipinski definition) is 4. The van der Waals surface area contributed by atoms with Crippen molar-refractivity contribution in [3.63, 3.8) is 0 Å². The van der Waals surface area contributed by atoms with Crippen LogP contribution in [0.25, 0.3) is 22.6 Å². The van der Waals surface area contributed by atoms with Crippen LogP contribution in [0.2, 0.25) is 0 Å². The van der Waals surface area contributed by atoms with Gasteiger partial charge in [-0.15, -0.1) is 0 Å². The van der Waals surface area contributed by atoms with Gasteiger partial charge in [0.1, 0.15) is 0 Å². The summed E-state index contributed by atoms with van der Waals surface area (Å²) >= 11 is 0. The fourth-order valence-corrected chi connectivity index (χ4v) is 3.47. The standard InChI is InChI=1S/C20H26N4O2/c1-6-11(2)7-12(3)10-24-16-9-14(5)13(4)8-15(16)21-17-18(24)22-20(26)23-19(17)25/h8-9,11-12H,6-7,10H2,1-5H3,(H,23,25,26). The SMILES string of the molecule is CCC(C)CC(C)Cn1c2nc(=O)[nH]c(=O)c-2nc2cc(C)c(C)cc21. The molecule has 0 radical (unpaired) electrons. The summed E-state index contributed by atoms with van der Waals surface area (Å²) in [5.74, 6) is 1.38. The van der Waals surface area contributed by atoms with Gasteiger partial charge in [0, 0.05) is 6.54 Å². The van der Waals surface area contributed by atoms with Crippen molar-refractivity contribution in [1.29, 1.82) is 0 Å². The lowest BCUT2D eigenvalue weighted by Gasteiger charge is -2.22. The van der Waals surface area contributed by atoms with Gasteiger partial charge in [-0.3, -0.25) is 9.78 Å². The summed E-state index contributed by atoms with van der Waals surface area (Å²) in [5.41, 5.74) is 3.04. The maximum atomic E-state index is 12.3. The molecule has 0 spiro atoms. The smallest absolute Gasteiger partial charge is 0.322 e. The summed E-state index contributed by atoms with van der Waals surface area (Å²) in [6, 6.07) is 4.06. The molecule has 6 heteroatoms. The first kappa shape index (κ1) is 18.3. The number of nitrogens with zero attached hydrogens (tertiary/aromatic N) is 3. The molecule has 138 valence electrons. The Morgan fingerprint density at radius 2 is 1.77 bits per heavy atom. The van der Waals surface area contributed by atoms with E-state index in [1.807, 2.05) is 17.6 Å². The van der Waals surface area contributed by atoms with E-state index in [1.165, 1.54) is 0 Å². The zero-order chi connectivity index (χ0) is 19.0. The van der Waals surface area contributed by atoms with Crippen molar-refractivity contribution in [2.75, 3.05) is 0 Å². The van der Waals surface area contributed by atoms with Gasteiger partial charge in [-0.05, 0) is 55.4 Å². The summed E-state index contributed by atoms with van der Waals surface area (Å²) in [7, 11) is 0. The van der Waals surface area contributed by atoms with Crippen molar-refractivity contribution in [2.24, 2.45) is 11.8 Å². The Kier molecular flexibility index (Phi) is 4.94. The Morgan fingerprint density at radius 1 is 1.08 bits per heavy atom. The summed E-state index contributed by atoms with van der Waals surface area (Å²) in [5, 5.41) is 0. The Hall–Kier alpha value is -2.50. The first-order chi connectivity index (χ1) is 12.3. The van der Waals surface area contributed by atoms with Crippen LogP contribution in [0, 0.1) is 25.7 Å². The number of hydrogen-bond donors (Lipinski definition) is 1. The highest BCUT2D eigenvalue weighted by Gasteiger charge is 2.20. The lowest BCUT2D eigenvalue weighted by Crippen LogP contribution is -2.29. The Bertz CT molecular complexity index is 1030. The first-order valence-electron chi connectivity index (χ1n) is 9.22. The molecule has 0 saturated heterocycles. The monoisotopic (exact) mass is 354 g/mol. The molecule has 0 bridgehead atoms. The number of benzene rings is 1. The van der Waals surface area contributed by atoms with E-state index in [9.17, 15) is 9.59 Å². The van der Waals surface area contributed by atoms with Crippen molar-refractivity contribution in [1.82, 2.24) is 19.5 Å². The minimum absolute atomic E-state index is 0.219. The first-order valence-corrected chi connectivity index (χ1v) is 9.22. The molecule has 1 N–H and O–H groups in total. The van der Waals surface area contributed by atoms with Crippen molar-refractivity contribution in [2.45, 2.75) is 54.0 Å². The summed E-state index contributed by atoms with van der Waals surface area (Å²) in [6.07, 6.45) is 2.21. The van der Waals surface area contributed by atoms with Crippen LogP contribution in [0.4, 0.5) is 0 Å². The molecule has 0 fully saturated rings. The molecule has 2 aliphatic rings. The van der Waals surface area contributed by atoms with Gasteiger partial charge in [0.15, 0.2) is 11.5 Å². The summed E-state index contributed by atoms with van der Waals surface area (Å²) in [6.45, 7) is 11.4. The van der Waals surface area contributed by atoms with Crippen LogP contribution >= 0.6 is 0 Å². The second-order valence-corrected chi connectivity index (χ2v) is 7.55. The van der Waals surface area contributed by atoms with Crippen LogP contribution in [-0.2, 0) is 6.54 Å². The van der Waals surface area contributed by atoms with Gasteiger partial charge >= 0.3 is 5.69 Å². The third-order valence-corrected chi connectivity index (χ3v) is 5.22. The number of aryl methyl sites for hydroxylation is 2. The van der Waals surface area contributed by atoms with Crippen molar-refractivity contribution >= 4 is 11.0 Å². The van der Waals surface area contributed by atoms with Crippen LogP contribution < -0.4 is 11.2 Å². The molecule has 3 rings (SSSR count). The third-order valence-electron chi connectivity index (χ3n) is 5.22. The minimum Gasteiger partial charge on any atom is -0.322 e. The highest BCUT2D eigenvalue weighted by Crippen LogP contribution is 2.26. The van der Waals surface area contributed by atoms with Crippen molar-refractivity contribution in [3.05, 3.63) is 44.1 Å². The zero-order valence-corrected chi connectivity index (χ0v) is 16.1. The minimum atomic E-state index is -0.629. The van der Waals surface area contributed by atoms with Gasteiger partial charge < -0.3 is 4.57 Å². The molecule has 26 heavy (non-hydrogen) atoms. The van der Waals surface area contributed by atoms with Gasteiger partial charge in [0.25, 0.3) is 5.56 Å². The second-order valence-electron chi connectivity index (χ2n) is 7.55. The predicted molar refractivity (Wildman–Crippen MR) is 104 cm³/mol. The average molecular weight is 354 g/mol. The average Bonchev–Trinajstić information content (AvgIpc) is 2.57.